The number of halogens is 4. The first-order valence-electron chi connectivity index (χ1n) is 3.73. The molecular weight excluding hydrogens is 279 g/mol. The molecular formula is C8H7BrClF2NO. The Labute approximate surface area is 93.0 Å². The van der Waals surface area contributed by atoms with Crippen LogP contribution >= 0.6 is 27.5 Å². The zero-order chi connectivity index (χ0) is 10.7. The van der Waals surface area contributed by atoms with Crippen molar-refractivity contribution >= 4 is 27.5 Å². The van der Waals surface area contributed by atoms with Crippen molar-refractivity contribution in [2.24, 2.45) is 0 Å². The van der Waals surface area contributed by atoms with E-state index in [4.69, 9.17) is 16.7 Å². The van der Waals surface area contributed by atoms with Crippen molar-refractivity contribution in [3.63, 3.8) is 0 Å². The molecule has 0 unspecified atom stereocenters. The van der Waals surface area contributed by atoms with Gasteiger partial charge in [-0.05, 0) is 21.5 Å². The SMILES string of the molecule is OCc1c(Br)cnc(C(F)F)c1CCl. The Kier molecular flexibility index (Phi) is 4.22. The molecule has 1 aromatic heterocycles. The fourth-order valence-corrected chi connectivity index (χ4v) is 1.85. The third-order valence-corrected chi connectivity index (χ3v) is 2.73. The van der Waals surface area contributed by atoms with Gasteiger partial charge in [-0.2, -0.15) is 0 Å². The van der Waals surface area contributed by atoms with Crippen molar-refractivity contribution in [1.29, 1.82) is 0 Å². The molecule has 78 valence electrons. The average molecular weight is 287 g/mol. The molecule has 0 spiro atoms. The van der Waals surface area contributed by atoms with Crippen LogP contribution in [0.5, 0.6) is 0 Å². The summed E-state index contributed by atoms with van der Waals surface area (Å²) in [7, 11) is 0. The minimum absolute atomic E-state index is 0.0952. The van der Waals surface area contributed by atoms with E-state index in [9.17, 15) is 8.78 Å². The molecule has 14 heavy (non-hydrogen) atoms. The molecule has 2 nitrogen and oxygen atoms in total. The Bertz CT molecular complexity index is 335. The summed E-state index contributed by atoms with van der Waals surface area (Å²) in [6, 6.07) is 0. The van der Waals surface area contributed by atoms with Crippen molar-refractivity contribution in [3.8, 4) is 0 Å². The molecule has 1 aromatic rings. The molecule has 0 fully saturated rings. The molecule has 0 saturated carbocycles. The molecule has 6 heteroatoms. The van der Waals surface area contributed by atoms with Crippen LogP contribution in [0.4, 0.5) is 8.78 Å². The number of aromatic nitrogens is 1. The van der Waals surface area contributed by atoms with Crippen LogP contribution in [-0.2, 0) is 12.5 Å². The predicted molar refractivity (Wildman–Crippen MR) is 52.4 cm³/mol. The first-order valence-corrected chi connectivity index (χ1v) is 5.05. The van der Waals surface area contributed by atoms with E-state index >= 15 is 0 Å². The molecule has 0 atom stereocenters. The molecule has 0 aliphatic carbocycles. The highest BCUT2D eigenvalue weighted by molar-refractivity contribution is 9.10. The monoisotopic (exact) mass is 285 g/mol. The lowest BCUT2D eigenvalue weighted by atomic mass is 10.1. The van der Waals surface area contributed by atoms with E-state index in [0.29, 0.717) is 10.0 Å². The maximum atomic E-state index is 12.4. The summed E-state index contributed by atoms with van der Waals surface area (Å²) in [6.45, 7) is -0.342. The quantitative estimate of drug-likeness (QED) is 0.867. The van der Waals surface area contributed by atoms with Crippen LogP contribution in [0, 0.1) is 0 Å². The van der Waals surface area contributed by atoms with Crippen molar-refractivity contribution < 1.29 is 13.9 Å². The second-order valence-electron chi connectivity index (χ2n) is 2.54. The molecule has 0 aliphatic heterocycles. The number of alkyl halides is 3. The first-order chi connectivity index (χ1) is 6.61. The van der Waals surface area contributed by atoms with E-state index < -0.39 is 6.43 Å². The topological polar surface area (TPSA) is 33.1 Å². The summed E-state index contributed by atoms with van der Waals surface area (Å²) in [6.07, 6.45) is -1.44. The lowest BCUT2D eigenvalue weighted by Crippen LogP contribution is -2.03. The van der Waals surface area contributed by atoms with Gasteiger partial charge in [-0.15, -0.1) is 11.6 Å². The van der Waals surface area contributed by atoms with Gasteiger partial charge >= 0.3 is 0 Å². The summed E-state index contributed by atoms with van der Waals surface area (Å²) >= 11 is 8.63. The van der Waals surface area contributed by atoms with Crippen LogP contribution in [0.3, 0.4) is 0 Å². The van der Waals surface area contributed by atoms with Crippen LogP contribution < -0.4 is 0 Å². The van der Waals surface area contributed by atoms with Crippen LogP contribution in [-0.4, -0.2) is 10.1 Å². The number of pyridine rings is 1. The van der Waals surface area contributed by atoms with Gasteiger partial charge in [0, 0.05) is 22.1 Å². The van der Waals surface area contributed by atoms with Gasteiger partial charge in [0.25, 0.3) is 6.43 Å². The van der Waals surface area contributed by atoms with Crippen LogP contribution in [0.2, 0.25) is 0 Å². The molecule has 0 bridgehead atoms. The van der Waals surface area contributed by atoms with Crippen LogP contribution in [0.1, 0.15) is 23.2 Å². The summed E-state index contributed by atoms with van der Waals surface area (Å²) in [5, 5.41) is 8.98. The number of hydrogen-bond donors (Lipinski definition) is 1. The molecule has 1 heterocycles. The van der Waals surface area contributed by atoms with E-state index in [1.54, 1.807) is 0 Å². The Balaban J connectivity index is 3.33. The second-order valence-corrected chi connectivity index (χ2v) is 3.66. The van der Waals surface area contributed by atoms with Crippen molar-refractivity contribution in [3.05, 3.63) is 27.5 Å². The minimum Gasteiger partial charge on any atom is -0.392 e. The molecule has 0 amide bonds. The second kappa shape index (κ2) is 5.00. The van der Waals surface area contributed by atoms with Gasteiger partial charge < -0.3 is 5.11 Å². The smallest absolute Gasteiger partial charge is 0.280 e. The Morgan fingerprint density at radius 1 is 1.50 bits per heavy atom. The van der Waals surface area contributed by atoms with Crippen LogP contribution in [0.15, 0.2) is 10.7 Å². The number of aliphatic hydroxyl groups is 1. The third kappa shape index (κ3) is 2.21. The van der Waals surface area contributed by atoms with Gasteiger partial charge in [-0.1, -0.05) is 0 Å². The highest BCUT2D eigenvalue weighted by Crippen LogP contribution is 2.29. The largest absolute Gasteiger partial charge is 0.392 e. The van der Waals surface area contributed by atoms with Gasteiger partial charge in [-0.3, -0.25) is 4.98 Å². The molecule has 0 aliphatic rings. The fraction of sp³-hybridized carbons (Fsp3) is 0.375. The maximum Gasteiger partial charge on any atom is 0.280 e. The average Bonchev–Trinajstić information content (AvgIpc) is 2.16. The highest BCUT2D eigenvalue weighted by atomic mass is 79.9. The van der Waals surface area contributed by atoms with Gasteiger partial charge in [0.05, 0.1) is 6.61 Å². The highest BCUT2D eigenvalue weighted by Gasteiger charge is 2.18. The summed E-state index contributed by atoms with van der Waals surface area (Å²) < 4.78 is 25.4. The van der Waals surface area contributed by atoms with E-state index in [1.807, 2.05) is 0 Å². The van der Waals surface area contributed by atoms with Crippen molar-refractivity contribution in [1.82, 2.24) is 4.98 Å². The van der Waals surface area contributed by atoms with Gasteiger partial charge in [0.1, 0.15) is 5.69 Å². The molecule has 1 rings (SSSR count). The minimum atomic E-state index is -2.68. The van der Waals surface area contributed by atoms with Gasteiger partial charge in [0.2, 0.25) is 0 Å². The summed E-state index contributed by atoms with van der Waals surface area (Å²) in [4.78, 5) is 3.56. The number of rotatable bonds is 3. The van der Waals surface area contributed by atoms with E-state index in [-0.39, 0.29) is 23.7 Å². The summed E-state index contributed by atoms with van der Waals surface area (Å²) in [5.74, 6) is -0.0952. The van der Waals surface area contributed by atoms with E-state index in [1.165, 1.54) is 6.20 Å². The van der Waals surface area contributed by atoms with Crippen LogP contribution in [0.25, 0.3) is 0 Å². The van der Waals surface area contributed by atoms with Gasteiger partial charge in [0.15, 0.2) is 0 Å². The molecule has 1 N–H and O–H groups in total. The van der Waals surface area contributed by atoms with E-state index in [2.05, 4.69) is 20.9 Å². The Hall–Kier alpha value is -0.260. The molecule has 0 aromatic carbocycles. The predicted octanol–water partition coefficient (Wildman–Crippen LogP) is 3.01. The normalized spacial score (nSPS) is 11.0. The van der Waals surface area contributed by atoms with Crippen molar-refractivity contribution in [2.75, 3.05) is 0 Å². The fourth-order valence-electron chi connectivity index (χ4n) is 1.09. The van der Waals surface area contributed by atoms with Crippen molar-refractivity contribution in [2.45, 2.75) is 18.9 Å². The summed E-state index contributed by atoms with van der Waals surface area (Å²) in [5.41, 5.74) is 0.191. The Morgan fingerprint density at radius 2 is 2.14 bits per heavy atom. The number of hydrogen-bond acceptors (Lipinski definition) is 2. The van der Waals surface area contributed by atoms with Gasteiger partial charge in [-0.25, -0.2) is 8.78 Å². The maximum absolute atomic E-state index is 12.4. The molecule has 0 radical (unpaired) electrons. The van der Waals surface area contributed by atoms with E-state index in [0.717, 1.165) is 0 Å². The third-order valence-electron chi connectivity index (χ3n) is 1.78. The first kappa shape index (κ1) is 11.8. The standard InChI is InChI=1S/C8H7BrClF2NO/c9-6-2-13-7(8(11)12)4(1-10)5(6)3-14/h2,8,14H,1,3H2. The zero-order valence-electron chi connectivity index (χ0n) is 6.98. The molecule has 0 saturated heterocycles. The number of nitrogens with zero attached hydrogens (tertiary/aromatic N) is 1. The lowest BCUT2D eigenvalue weighted by molar-refractivity contribution is 0.144. The lowest BCUT2D eigenvalue weighted by Gasteiger charge is -2.11. The Morgan fingerprint density at radius 3 is 2.57 bits per heavy atom. The number of aliphatic hydroxyl groups excluding tert-OH is 1. The zero-order valence-corrected chi connectivity index (χ0v) is 9.32.